The van der Waals surface area contributed by atoms with Crippen molar-refractivity contribution >= 4 is 11.8 Å². The molecule has 1 saturated heterocycles. The van der Waals surface area contributed by atoms with E-state index < -0.39 is 17.2 Å². The normalized spacial score (nSPS) is 18.2. The Bertz CT molecular complexity index is 1580. The summed E-state index contributed by atoms with van der Waals surface area (Å²) in [6.45, 7) is 9.50. The predicted octanol–water partition coefficient (Wildman–Crippen LogP) is 5.77. The number of carbonyl (C=O) groups excluding carboxylic acids is 1. The summed E-state index contributed by atoms with van der Waals surface area (Å²) in [6, 6.07) is 9.76. The van der Waals surface area contributed by atoms with E-state index in [1.165, 1.54) is 12.3 Å². The first-order chi connectivity index (χ1) is 20.8. The second kappa shape index (κ2) is 12.8. The van der Waals surface area contributed by atoms with Crippen molar-refractivity contribution in [3.63, 3.8) is 0 Å². The minimum Gasteiger partial charge on any atom is -0.460 e. The largest absolute Gasteiger partial charge is 0.460 e. The lowest BCUT2D eigenvalue weighted by Gasteiger charge is -2.40. The van der Waals surface area contributed by atoms with Gasteiger partial charge in [-0.25, -0.2) is 18.7 Å². The highest BCUT2D eigenvalue weighted by atomic mass is 19.1. The van der Waals surface area contributed by atoms with Gasteiger partial charge < -0.3 is 24.1 Å². The van der Waals surface area contributed by atoms with Crippen LogP contribution in [0, 0.1) is 11.6 Å². The Balaban J connectivity index is 1.28. The quantitative estimate of drug-likeness (QED) is 0.221. The summed E-state index contributed by atoms with van der Waals surface area (Å²) in [4.78, 5) is 20.9. The van der Waals surface area contributed by atoms with Gasteiger partial charge in [-0.1, -0.05) is 23.4 Å². The number of anilines is 1. The first kappa shape index (κ1) is 31.2. The number of rotatable bonds is 10. The average Bonchev–Trinajstić information content (AvgIpc) is 3.59. The van der Waals surface area contributed by atoms with E-state index in [-0.39, 0.29) is 48.6 Å². The Morgan fingerprint density at radius 3 is 2.61 bits per heavy atom. The van der Waals surface area contributed by atoms with E-state index in [2.05, 4.69) is 25.5 Å². The van der Waals surface area contributed by atoms with Gasteiger partial charge in [-0.05, 0) is 53.2 Å². The molecule has 234 valence electrons. The van der Waals surface area contributed by atoms with Crippen molar-refractivity contribution in [1.82, 2.24) is 24.9 Å². The molecular formula is C31H36F2N6O5. The lowest BCUT2D eigenvalue weighted by molar-refractivity contribution is -0.300. The van der Waals surface area contributed by atoms with Crippen LogP contribution in [0.4, 0.5) is 14.6 Å². The summed E-state index contributed by atoms with van der Waals surface area (Å²) >= 11 is 0. The van der Waals surface area contributed by atoms with Crippen LogP contribution in [0.1, 0.15) is 59.4 Å². The SMILES string of the molecule is CC(C)(C)OC(=O)CC1CC(CCNc2nc(-c3cc(-c4ccon4)n(Cc4ccccc4F)n3)ncc2F)OC(C)(C)O1. The predicted molar refractivity (Wildman–Crippen MR) is 156 cm³/mol. The third kappa shape index (κ3) is 8.03. The Morgan fingerprint density at radius 2 is 1.89 bits per heavy atom. The fraction of sp³-hybridized carbons (Fsp3) is 0.452. The van der Waals surface area contributed by atoms with E-state index in [1.807, 2.05) is 20.8 Å². The first-order valence-electron chi connectivity index (χ1n) is 14.4. The van der Waals surface area contributed by atoms with Gasteiger partial charge in [-0.3, -0.25) is 9.48 Å². The third-order valence-corrected chi connectivity index (χ3v) is 6.73. The molecule has 1 aliphatic heterocycles. The molecule has 13 heteroatoms. The van der Waals surface area contributed by atoms with E-state index in [0.717, 1.165) is 6.20 Å². The van der Waals surface area contributed by atoms with Crippen molar-refractivity contribution in [2.45, 2.75) is 84.0 Å². The summed E-state index contributed by atoms with van der Waals surface area (Å²) < 4.78 is 53.2. The molecule has 2 unspecified atom stereocenters. The Hall–Kier alpha value is -4.23. The number of halogens is 2. The van der Waals surface area contributed by atoms with Gasteiger partial charge in [0, 0.05) is 24.6 Å². The van der Waals surface area contributed by atoms with E-state index in [1.54, 1.807) is 48.9 Å². The van der Waals surface area contributed by atoms with Crippen molar-refractivity contribution in [3.8, 4) is 22.9 Å². The van der Waals surface area contributed by atoms with Gasteiger partial charge in [-0.15, -0.1) is 0 Å². The maximum Gasteiger partial charge on any atom is 0.308 e. The summed E-state index contributed by atoms with van der Waals surface area (Å²) in [5.74, 6) is -2.06. The number of hydrogen-bond acceptors (Lipinski definition) is 10. The summed E-state index contributed by atoms with van der Waals surface area (Å²) in [6.07, 6.45) is 2.96. The number of esters is 1. The van der Waals surface area contributed by atoms with E-state index >= 15 is 0 Å². The maximum atomic E-state index is 14.8. The van der Waals surface area contributed by atoms with E-state index in [0.29, 0.717) is 42.0 Å². The molecule has 0 aliphatic carbocycles. The Kier molecular flexibility index (Phi) is 9.07. The zero-order valence-corrected chi connectivity index (χ0v) is 25.3. The van der Waals surface area contributed by atoms with Crippen LogP contribution in [0.3, 0.4) is 0 Å². The Morgan fingerprint density at radius 1 is 1.11 bits per heavy atom. The number of nitrogens with one attached hydrogen (secondary N) is 1. The van der Waals surface area contributed by atoms with Crippen LogP contribution < -0.4 is 5.32 Å². The minimum atomic E-state index is -0.897. The van der Waals surface area contributed by atoms with Gasteiger partial charge in [0.1, 0.15) is 29.1 Å². The molecule has 1 N–H and O–H groups in total. The van der Waals surface area contributed by atoms with Crippen LogP contribution >= 0.6 is 0 Å². The van der Waals surface area contributed by atoms with Crippen LogP contribution in [0.15, 0.2) is 53.4 Å². The molecule has 4 aromatic rings. The molecule has 2 atom stereocenters. The topological polar surface area (TPSA) is 126 Å². The molecule has 0 spiro atoms. The summed E-state index contributed by atoms with van der Waals surface area (Å²) in [7, 11) is 0. The third-order valence-electron chi connectivity index (χ3n) is 6.73. The van der Waals surface area contributed by atoms with Crippen LogP contribution in [-0.4, -0.2) is 61.0 Å². The second-order valence-corrected chi connectivity index (χ2v) is 12.1. The molecule has 44 heavy (non-hydrogen) atoms. The molecule has 0 saturated carbocycles. The zero-order chi connectivity index (χ0) is 31.5. The van der Waals surface area contributed by atoms with Gasteiger partial charge in [0.2, 0.25) is 0 Å². The van der Waals surface area contributed by atoms with Crippen LogP contribution in [0.25, 0.3) is 22.9 Å². The maximum absolute atomic E-state index is 14.8. The molecule has 1 aliphatic rings. The molecule has 11 nitrogen and oxygen atoms in total. The molecule has 4 heterocycles. The highest BCUT2D eigenvalue weighted by Crippen LogP contribution is 2.31. The molecule has 5 rings (SSSR count). The molecule has 0 radical (unpaired) electrons. The number of hydrogen-bond donors (Lipinski definition) is 1. The second-order valence-electron chi connectivity index (χ2n) is 12.1. The average molecular weight is 611 g/mol. The summed E-state index contributed by atoms with van der Waals surface area (Å²) in [5, 5.41) is 11.6. The lowest BCUT2D eigenvalue weighted by atomic mass is 10.0. The molecular weight excluding hydrogens is 574 g/mol. The van der Waals surface area contributed by atoms with Crippen LogP contribution in [-0.2, 0) is 25.5 Å². The molecule has 0 amide bonds. The van der Waals surface area contributed by atoms with Gasteiger partial charge in [0.25, 0.3) is 0 Å². The fourth-order valence-corrected chi connectivity index (χ4v) is 5.04. The van der Waals surface area contributed by atoms with Crippen molar-refractivity contribution < 1.29 is 32.3 Å². The number of aromatic nitrogens is 5. The molecule has 1 fully saturated rings. The van der Waals surface area contributed by atoms with Gasteiger partial charge in [-0.2, -0.15) is 5.10 Å². The number of benzene rings is 1. The summed E-state index contributed by atoms with van der Waals surface area (Å²) in [5.41, 5.74) is 1.24. The van der Waals surface area contributed by atoms with Gasteiger partial charge in [0.15, 0.2) is 23.2 Å². The van der Waals surface area contributed by atoms with Crippen LogP contribution in [0.5, 0.6) is 0 Å². The molecule has 1 aromatic carbocycles. The first-order valence-corrected chi connectivity index (χ1v) is 14.4. The van der Waals surface area contributed by atoms with Crippen molar-refractivity contribution in [1.29, 1.82) is 0 Å². The standard InChI is InChI=1S/C31H36F2N6O5/c1-30(2,3)44-27(40)15-21-14-20(42-31(4,5)43-21)10-12-34-28-23(33)17-35-29(36-28)25-16-26(24-11-13-41-38-24)39(37-25)18-19-8-6-7-9-22(19)32/h6-9,11,13,16-17,20-21H,10,12,14-15,18H2,1-5H3,(H,34,35,36). The number of ether oxygens (including phenoxy) is 3. The monoisotopic (exact) mass is 610 g/mol. The molecule has 3 aromatic heterocycles. The van der Waals surface area contributed by atoms with Crippen molar-refractivity contribution in [3.05, 3.63) is 66.1 Å². The molecule has 0 bridgehead atoms. The highest BCUT2D eigenvalue weighted by Gasteiger charge is 2.37. The fourth-order valence-electron chi connectivity index (χ4n) is 5.04. The lowest BCUT2D eigenvalue weighted by Crippen LogP contribution is -2.46. The van der Waals surface area contributed by atoms with Crippen molar-refractivity contribution in [2.75, 3.05) is 11.9 Å². The zero-order valence-electron chi connectivity index (χ0n) is 25.3. The van der Waals surface area contributed by atoms with E-state index in [9.17, 15) is 13.6 Å². The number of nitrogens with zero attached hydrogens (tertiary/aromatic N) is 5. The highest BCUT2D eigenvalue weighted by molar-refractivity contribution is 5.70. The van der Waals surface area contributed by atoms with Gasteiger partial charge >= 0.3 is 5.97 Å². The Labute approximate surface area is 253 Å². The smallest absolute Gasteiger partial charge is 0.308 e. The van der Waals surface area contributed by atoms with Crippen molar-refractivity contribution in [2.24, 2.45) is 0 Å². The minimum absolute atomic E-state index is 0.00161. The van der Waals surface area contributed by atoms with Gasteiger partial charge in [0.05, 0.1) is 37.1 Å². The van der Waals surface area contributed by atoms with Crippen LogP contribution in [0.2, 0.25) is 0 Å². The van der Waals surface area contributed by atoms with E-state index in [4.69, 9.17) is 18.7 Å². The number of carbonyl (C=O) groups is 1.